The number of halogens is 2. The molecule has 0 atom stereocenters. The first-order valence-corrected chi connectivity index (χ1v) is 4.02. The zero-order chi connectivity index (χ0) is 7.56. The van der Waals surface area contributed by atoms with E-state index < -0.39 is 5.82 Å². The molecule has 0 heterocycles. The van der Waals surface area contributed by atoms with Crippen LogP contribution < -0.4 is 0 Å². The predicted molar refractivity (Wildman–Crippen MR) is 40.4 cm³/mol. The number of hydrogen-bond acceptors (Lipinski definition) is 1. The van der Waals surface area contributed by atoms with Crippen molar-refractivity contribution in [2.45, 2.75) is 4.90 Å². The van der Waals surface area contributed by atoms with E-state index in [2.05, 4.69) is 15.9 Å². The number of hydrogen-bond donors (Lipinski definition) is 0. The van der Waals surface area contributed by atoms with Crippen LogP contribution >= 0.6 is 15.9 Å². The first-order chi connectivity index (χ1) is 4.74. The summed E-state index contributed by atoms with van der Waals surface area (Å²) in [5, 5.41) is 0. The van der Waals surface area contributed by atoms with E-state index in [9.17, 15) is 8.60 Å². The fraction of sp³-hybridized carbons (Fsp3) is 0. The fourth-order valence-corrected chi connectivity index (χ4v) is 1.05. The lowest BCUT2D eigenvalue weighted by Crippen LogP contribution is -1.78. The van der Waals surface area contributed by atoms with Crippen molar-refractivity contribution in [3.8, 4) is 0 Å². The van der Waals surface area contributed by atoms with Gasteiger partial charge >= 0.3 is 11.7 Å². The van der Waals surface area contributed by atoms with E-state index in [4.69, 9.17) is 0 Å². The monoisotopic (exact) mass is 221 g/mol. The molecule has 1 aromatic carbocycles. The molecule has 0 amide bonds. The maximum Gasteiger partial charge on any atom is 0.505 e. The third-order valence-corrected chi connectivity index (χ3v) is 2.08. The lowest BCUT2D eigenvalue weighted by molar-refractivity contribution is 0.600. The van der Waals surface area contributed by atoms with Crippen molar-refractivity contribution in [3.05, 3.63) is 28.5 Å². The molecule has 0 aliphatic carbocycles. The van der Waals surface area contributed by atoms with Crippen LogP contribution in [0.2, 0.25) is 0 Å². The van der Waals surface area contributed by atoms with E-state index in [0.717, 1.165) is 0 Å². The van der Waals surface area contributed by atoms with Crippen LogP contribution in [-0.4, -0.2) is 0 Å². The summed E-state index contributed by atoms with van der Waals surface area (Å²) in [6, 6.07) is 4.27. The molecule has 1 nitrogen and oxygen atoms in total. The zero-order valence-electron chi connectivity index (χ0n) is 4.80. The van der Waals surface area contributed by atoms with E-state index in [1.165, 1.54) is 12.1 Å². The van der Waals surface area contributed by atoms with Gasteiger partial charge in [0.25, 0.3) is 4.90 Å². The summed E-state index contributed by atoms with van der Waals surface area (Å²) in [7, 11) is 0. The zero-order valence-corrected chi connectivity index (χ0v) is 7.21. The molecule has 0 aliphatic rings. The SMILES string of the molecule is O=[S+]c1ccc(Br)c(F)c1. The molecule has 0 spiro atoms. The Hall–Kier alpha value is -0.350. The van der Waals surface area contributed by atoms with Gasteiger partial charge in [-0.1, -0.05) is 0 Å². The van der Waals surface area contributed by atoms with Gasteiger partial charge in [0.1, 0.15) is 5.82 Å². The Morgan fingerprint density at radius 1 is 1.50 bits per heavy atom. The third kappa shape index (κ3) is 1.58. The summed E-state index contributed by atoms with van der Waals surface area (Å²) in [5.41, 5.74) is 0. The molecular weight excluding hydrogens is 219 g/mol. The second-order valence-corrected chi connectivity index (χ2v) is 3.15. The van der Waals surface area contributed by atoms with E-state index in [0.29, 0.717) is 9.37 Å². The van der Waals surface area contributed by atoms with Crippen LogP contribution in [0.25, 0.3) is 0 Å². The molecule has 10 heavy (non-hydrogen) atoms. The van der Waals surface area contributed by atoms with Crippen molar-refractivity contribution >= 4 is 27.6 Å². The summed E-state index contributed by atoms with van der Waals surface area (Å²) in [4.78, 5) is 0.390. The minimum absolute atomic E-state index is 0.281. The Morgan fingerprint density at radius 3 is 2.70 bits per heavy atom. The van der Waals surface area contributed by atoms with Crippen molar-refractivity contribution in [2.24, 2.45) is 0 Å². The lowest BCUT2D eigenvalue weighted by Gasteiger charge is -1.86. The summed E-state index contributed by atoms with van der Waals surface area (Å²) < 4.78 is 23.1. The van der Waals surface area contributed by atoms with Gasteiger partial charge in [-0.25, -0.2) is 4.39 Å². The van der Waals surface area contributed by atoms with Gasteiger partial charge in [0.15, 0.2) is 0 Å². The Kier molecular flexibility index (Phi) is 2.45. The quantitative estimate of drug-likeness (QED) is 0.666. The highest BCUT2D eigenvalue weighted by Gasteiger charge is 2.08. The van der Waals surface area contributed by atoms with E-state index in [1.54, 1.807) is 6.07 Å². The van der Waals surface area contributed by atoms with E-state index >= 15 is 0 Å². The van der Waals surface area contributed by atoms with Crippen LogP contribution in [-0.2, 0) is 15.9 Å². The standard InChI is InChI=1S/C6H3BrFOS/c7-5-2-1-4(10-9)3-6(5)8/h1-3H/q+1. The fourth-order valence-electron chi connectivity index (χ4n) is 0.529. The van der Waals surface area contributed by atoms with Gasteiger partial charge in [-0.2, -0.15) is 0 Å². The molecule has 1 aromatic rings. The molecular formula is C6H3BrFOS+. The maximum absolute atomic E-state index is 12.6. The van der Waals surface area contributed by atoms with Crippen LogP contribution in [0.15, 0.2) is 27.6 Å². The second kappa shape index (κ2) is 3.16. The molecule has 0 fully saturated rings. The molecule has 0 N–H and O–H groups in total. The van der Waals surface area contributed by atoms with Gasteiger partial charge < -0.3 is 0 Å². The van der Waals surface area contributed by atoms with Gasteiger partial charge in [-0.05, 0) is 22.0 Å². The van der Waals surface area contributed by atoms with Gasteiger partial charge in [0.2, 0.25) is 0 Å². The molecule has 1 rings (SSSR count). The van der Waals surface area contributed by atoms with Crippen LogP contribution in [0.4, 0.5) is 4.39 Å². The highest BCUT2D eigenvalue weighted by atomic mass is 79.9. The van der Waals surface area contributed by atoms with E-state index in [1.807, 2.05) is 0 Å². The van der Waals surface area contributed by atoms with Crippen molar-refractivity contribution in [2.75, 3.05) is 0 Å². The van der Waals surface area contributed by atoms with E-state index in [-0.39, 0.29) is 11.7 Å². The molecule has 0 bridgehead atoms. The number of rotatable bonds is 1. The van der Waals surface area contributed by atoms with Gasteiger partial charge in [0.05, 0.1) is 4.47 Å². The minimum atomic E-state index is -0.402. The molecule has 0 aromatic heterocycles. The Labute approximate surface area is 69.9 Å². The van der Waals surface area contributed by atoms with Crippen LogP contribution in [0.5, 0.6) is 0 Å². The Morgan fingerprint density at radius 2 is 2.20 bits per heavy atom. The van der Waals surface area contributed by atoms with Gasteiger partial charge in [-0.3, -0.25) is 0 Å². The minimum Gasteiger partial charge on any atom is -0.206 e. The van der Waals surface area contributed by atoms with Crippen molar-refractivity contribution in [1.29, 1.82) is 0 Å². The molecule has 52 valence electrons. The molecule has 0 aliphatic heterocycles. The summed E-state index contributed by atoms with van der Waals surface area (Å²) in [6.45, 7) is 0. The predicted octanol–water partition coefficient (Wildman–Crippen LogP) is 2.38. The lowest BCUT2D eigenvalue weighted by atomic mass is 10.3. The molecule has 0 unspecified atom stereocenters. The second-order valence-electron chi connectivity index (χ2n) is 1.66. The average Bonchev–Trinajstić information content (AvgIpc) is 1.95. The smallest absolute Gasteiger partial charge is 0.206 e. The largest absolute Gasteiger partial charge is 0.505 e. The van der Waals surface area contributed by atoms with Crippen molar-refractivity contribution < 1.29 is 8.60 Å². The number of benzene rings is 1. The summed E-state index contributed by atoms with van der Waals surface area (Å²) >= 11 is 3.25. The molecule has 4 heteroatoms. The van der Waals surface area contributed by atoms with Gasteiger partial charge in [-0.15, -0.1) is 0 Å². The van der Waals surface area contributed by atoms with Crippen molar-refractivity contribution in [1.82, 2.24) is 0 Å². The van der Waals surface area contributed by atoms with Crippen molar-refractivity contribution in [3.63, 3.8) is 0 Å². The normalized spacial score (nSPS) is 9.40. The summed E-state index contributed by atoms with van der Waals surface area (Å²) in [6.07, 6.45) is 0. The highest BCUT2D eigenvalue weighted by molar-refractivity contribution is 9.10. The topological polar surface area (TPSA) is 17.1 Å². The highest BCUT2D eigenvalue weighted by Crippen LogP contribution is 2.15. The third-order valence-electron chi connectivity index (χ3n) is 0.987. The van der Waals surface area contributed by atoms with Gasteiger partial charge in [0, 0.05) is 16.3 Å². The molecule has 0 saturated carbocycles. The first-order valence-electron chi connectivity index (χ1n) is 2.49. The Balaban J connectivity index is 3.16. The van der Waals surface area contributed by atoms with Crippen LogP contribution in [0, 0.1) is 5.82 Å². The van der Waals surface area contributed by atoms with Crippen LogP contribution in [0.1, 0.15) is 0 Å². The average molecular weight is 222 g/mol. The first kappa shape index (κ1) is 7.75. The summed E-state index contributed by atoms with van der Waals surface area (Å²) in [5.74, 6) is -0.402. The Bertz CT molecular complexity index is 264. The molecule has 0 saturated heterocycles. The molecule has 0 radical (unpaired) electrons. The van der Waals surface area contributed by atoms with Crippen LogP contribution in [0.3, 0.4) is 0 Å². The maximum atomic E-state index is 12.6.